The van der Waals surface area contributed by atoms with E-state index in [4.69, 9.17) is 0 Å². The third-order valence-electron chi connectivity index (χ3n) is 3.06. The highest BCUT2D eigenvalue weighted by atomic mass is 16.4. The van der Waals surface area contributed by atoms with Gasteiger partial charge in [-0.15, -0.1) is 0 Å². The van der Waals surface area contributed by atoms with Crippen LogP contribution >= 0.6 is 0 Å². The molecular formula is C16H15NO4. The van der Waals surface area contributed by atoms with Gasteiger partial charge in [0, 0.05) is 12.0 Å². The van der Waals surface area contributed by atoms with Crippen LogP contribution in [0.4, 0.5) is 5.69 Å². The van der Waals surface area contributed by atoms with Gasteiger partial charge in [-0.2, -0.15) is 0 Å². The van der Waals surface area contributed by atoms with E-state index in [1.54, 1.807) is 31.2 Å². The summed E-state index contributed by atoms with van der Waals surface area (Å²) in [6.45, 7) is 1.67. The van der Waals surface area contributed by atoms with E-state index >= 15 is 0 Å². The van der Waals surface area contributed by atoms with Crippen molar-refractivity contribution in [3.63, 3.8) is 0 Å². The zero-order chi connectivity index (χ0) is 15.4. The topological polar surface area (TPSA) is 86.6 Å². The van der Waals surface area contributed by atoms with Crippen molar-refractivity contribution >= 4 is 17.6 Å². The molecule has 0 bridgehead atoms. The maximum absolute atomic E-state index is 11.7. The predicted octanol–water partition coefficient (Wildman–Crippen LogP) is 3.11. The Kier molecular flexibility index (Phi) is 4.23. The van der Waals surface area contributed by atoms with Gasteiger partial charge in [0.15, 0.2) is 0 Å². The minimum Gasteiger partial charge on any atom is -0.507 e. The smallest absolute Gasteiger partial charge is 0.337 e. The molecule has 0 heterocycles. The van der Waals surface area contributed by atoms with Crippen molar-refractivity contribution in [1.29, 1.82) is 0 Å². The highest BCUT2D eigenvalue weighted by Gasteiger charge is 2.20. The van der Waals surface area contributed by atoms with Gasteiger partial charge in [0.2, 0.25) is 5.91 Å². The number of amides is 1. The van der Waals surface area contributed by atoms with E-state index in [1.807, 2.05) is 6.07 Å². The minimum atomic E-state index is -1.17. The first-order valence-electron chi connectivity index (χ1n) is 6.49. The maximum atomic E-state index is 11.7. The molecule has 0 saturated heterocycles. The Labute approximate surface area is 121 Å². The summed E-state index contributed by atoms with van der Waals surface area (Å²) < 4.78 is 0. The first-order valence-corrected chi connectivity index (χ1v) is 6.49. The molecule has 0 saturated carbocycles. The summed E-state index contributed by atoms with van der Waals surface area (Å²) in [5.74, 6) is -1.57. The van der Waals surface area contributed by atoms with Crippen molar-refractivity contribution in [1.82, 2.24) is 0 Å². The molecule has 2 aromatic carbocycles. The molecule has 0 aliphatic rings. The van der Waals surface area contributed by atoms with E-state index in [1.165, 1.54) is 12.1 Å². The zero-order valence-electron chi connectivity index (χ0n) is 11.5. The van der Waals surface area contributed by atoms with E-state index in [0.717, 1.165) is 0 Å². The fourth-order valence-electron chi connectivity index (χ4n) is 2.02. The molecular weight excluding hydrogens is 270 g/mol. The summed E-state index contributed by atoms with van der Waals surface area (Å²) in [5, 5.41) is 21.9. The van der Waals surface area contributed by atoms with Gasteiger partial charge >= 0.3 is 5.97 Å². The van der Waals surface area contributed by atoms with Gasteiger partial charge in [-0.05, 0) is 17.7 Å². The number of phenolic OH excluding ortho intramolecular Hbond substituents is 1. The Balaban J connectivity index is 2.69. The number of carboxylic acid groups (broad SMARTS) is 1. The van der Waals surface area contributed by atoms with E-state index in [-0.39, 0.29) is 29.3 Å². The van der Waals surface area contributed by atoms with Crippen LogP contribution in [0.1, 0.15) is 23.7 Å². The molecule has 2 aromatic rings. The Hall–Kier alpha value is -2.82. The number of hydrogen-bond donors (Lipinski definition) is 3. The molecule has 1 amide bonds. The van der Waals surface area contributed by atoms with Crippen LogP contribution < -0.4 is 5.32 Å². The molecule has 0 spiro atoms. The average molecular weight is 285 g/mol. The quantitative estimate of drug-likeness (QED) is 0.805. The van der Waals surface area contributed by atoms with Gasteiger partial charge in [0.1, 0.15) is 5.75 Å². The van der Waals surface area contributed by atoms with Gasteiger partial charge in [-0.1, -0.05) is 37.3 Å². The number of aromatic hydroxyl groups is 1. The van der Waals surface area contributed by atoms with Crippen LogP contribution in [0.2, 0.25) is 0 Å². The minimum absolute atomic E-state index is 0.0616. The standard InChI is InChI=1S/C16H15NO4/c1-2-13(19)17-15-11(16(20)21)8-9-12(18)14(15)10-6-4-3-5-7-10/h3-9,18H,2H2,1H3,(H,17,19)(H,20,21). The van der Waals surface area contributed by atoms with Crippen LogP contribution in [-0.4, -0.2) is 22.1 Å². The van der Waals surface area contributed by atoms with E-state index in [9.17, 15) is 19.8 Å². The molecule has 5 nitrogen and oxygen atoms in total. The van der Waals surface area contributed by atoms with Crippen molar-refractivity contribution in [3.8, 4) is 16.9 Å². The van der Waals surface area contributed by atoms with E-state index in [0.29, 0.717) is 11.1 Å². The molecule has 2 rings (SSSR count). The molecule has 0 aliphatic heterocycles. The first-order chi connectivity index (χ1) is 10.0. The van der Waals surface area contributed by atoms with Crippen molar-refractivity contribution in [3.05, 3.63) is 48.0 Å². The van der Waals surface area contributed by atoms with Crippen LogP contribution in [0.3, 0.4) is 0 Å². The maximum Gasteiger partial charge on any atom is 0.337 e. The molecule has 0 aliphatic carbocycles. The highest BCUT2D eigenvalue weighted by Crippen LogP contribution is 2.38. The molecule has 21 heavy (non-hydrogen) atoms. The molecule has 108 valence electrons. The summed E-state index contributed by atoms with van der Waals surface area (Å²) in [4.78, 5) is 23.0. The second-order valence-electron chi connectivity index (χ2n) is 4.46. The summed E-state index contributed by atoms with van der Waals surface area (Å²) in [5.41, 5.74) is 0.982. The number of aromatic carboxylic acids is 1. The number of rotatable bonds is 4. The lowest BCUT2D eigenvalue weighted by molar-refractivity contribution is -0.115. The number of hydrogen-bond acceptors (Lipinski definition) is 3. The molecule has 0 radical (unpaired) electrons. The molecule has 0 atom stereocenters. The average Bonchev–Trinajstić information content (AvgIpc) is 2.48. The third kappa shape index (κ3) is 3.02. The second-order valence-corrected chi connectivity index (χ2v) is 4.46. The Morgan fingerprint density at radius 2 is 1.76 bits per heavy atom. The van der Waals surface area contributed by atoms with Crippen LogP contribution in [0.15, 0.2) is 42.5 Å². The zero-order valence-corrected chi connectivity index (χ0v) is 11.5. The Morgan fingerprint density at radius 3 is 2.33 bits per heavy atom. The lowest BCUT2D eigenvalue weighted by Gasteiger charge is -2.15. The molecule has 0 fully saturated rings. The number of benzene rings is 2. The van der Waals surface area contributed by atoms with Gasteiger partial charge < -0.3 is 15.5 Å². The SMILES string of the molecule is CCC(=O)Nc1c(C(=O)O)ccc(O)c1-c1ccccc1. The fourth-order valence-corrected chi connectivity index (χ4v) is 2.02. The lowest BCUT2D eigenvalue weighted by atomic mass is 9.98. The van der Waals surface area contributed by atoms with Crippen molar-refractivity contribution in [2.24, 2.45) is 0 Å². The summed E-state index contributed by atoms with van der Waals surface area (Å²) in [6, 6.07) is 11.4. The highest BCUT2D eigenvalue weighted by molar-refractivity contribution is 6.06. The Morgan fingerprint density at radius 1 is 1.10 bits per heavy atom. The Bertz CT molecular complexity index is 680. The van der Waals surface area contributed by atoms with Gasteiger partial charge in [-0.25, -0.2) is 4.79 Å². The normalized spacial score (nSPS) is 10.1. The van der Waals surface area contributed by atoms with E-state index in [2.05, 4.69) is 5.32 Å². The van der Waals surface area contributed by atoms with Gasteiger partial charge in [0.25, 0.3) is 0 Å². The summed E-state index contributed by atoms with van der Waals surface area (Å²) >= 11 is 0. The van der Waals surface area contributed by atoms with E-state index < -0.39 is 5.97 Å². The number of carbonyl (C=O) groups is 2. The molecule has 0 unspecified atom stereocenters. The molecule has 0 aromatic heterocycles. The molecule has 5 heteroatoms. The monoisotopic (exact) mass is 285 g/mol. The number of carboxylic acids is 1. The van der Waals surface area contributed by atoms with Crippen LogP contribution in [0.25, 0.3) is 11.1 Å². The summed E-state index contributed by atoms with van der Waals surface area (Å²) in [6.07, 6.45) is 0.211. The van der Waals surface area contributed by atoms with Gasteiger partial charge in [0.05, 0.1) is 11.3 Å². The van der Waals surface area contributed by atoms with Crippen LogP contribution in [-0.2, 0) is 4.79 Å². The number of carbonyl (C=O) groups excluding carboxylic acids is 1. The lowest BCUT2D eigenvalue weighted by Crippen LogP contribution is -2.14. The van der Waals surface area contributed by atoms with Gasteiger partial charge in [-0.3, -0.25) is 4.79 Å². The summed E-state index contributed by atoms with van der Waals surface area (Å²) in [7, 11) is 0. The molecule has 3 N–H and O–H groups in total. The second kappa shape index (κ2) is 6.09. The van der Waals surface area contributed by atoms with Crippen molar-refractivity contribution in [2.75, 3.05) is 5.32 Å². The van der Waals surface area contributed by atoms with Crippen molar-refractivity contribution < 1.29 is 19.8 Å². The predicted molar refractivity (Wildman–Crippen MR) is 79.4 cm³/mol. The fraction of sp³-hybridized carbons (Fsp3) is 0.125. The van der Waals surface area contributed by atoms with Crippen molar-refractivity contribution in [2.45, 2.75) is 13.3 Å². The van der Waals surface area contributed by atoms with Crippen LogP contribution in [0, 0.1) is 0 Å². The first kappa shape index (κ1) is 14.6. The largest absolute Gasteiger partial charge is 0.507 e. The number of anilines is 1. The number of nitrogens with one attached hydrogen (secondary N) is 1. The van der Waals surface area contributed by atoms with Crippen LogP contribution in [0.5, 0.6) is 5.75 Å². The third-order valence-corrected chi connectivity index (χ3v) is 3.06. The number of phenols is 1.